The summed E-state index contributed by atoms with van der Waals surface area (Å²) in [5, 5.41) is 2.88. The molecule has 0 aliphatic carbocycles. The summed E-state index contributed by atoms with van der Waals surface area (Å²) in [4.78, 5) is 17.5. The Morgan fingerprint density at radius 1 is 1.08 bits per heavy atom. The number of nitrogens with one attached hydrogen (secondary N) is 1. The number of rotatable bonds is 4. The Hall–Kier alpha value is -2.63. The van der Waals surface area contributed by atoms with Crippen molar-refractivity contribution < 1.29 is 9.21 Å². The highest BCUT2D eigenvalue weighted by atomic mass is 35.5. The number of benzene rings is 2. The summed E-state index contributed by atoms with van der Waals surface area (Å²) in [6, 6.07) is 18.7. The number of hydrogen-bond donors (Lipinski definition) is 1. The van der Waals surface area contributed by atoms with Crippen LogP contribution in [-0.2, 0) is 11.2 Å². The zero-order valence-corrected chi connectivity index (χ0v) is 14.6. The minimum Gasteiger partial charge on any atom is -0.436 e. The van der Waals surface area contributed by atoms with Gasteiger partial charge in [-0.1, -0.05) is 23.7 Å². The largest absolute Gasteiger partial charge is 0.436 e. The Labute approximate surface area is 153 Å². The summed E-state index contributed by atoms with van der Waals surface area (Å²) >= 11 is 7.29. The van der Waals surface area contributed by atoms with E-state index in [2.05, 4.69) is 10.3 Å². The number of oxazole rings is 1. The molecule has 2 aromatic heterocycles. The number of hydrogen-bond acceptors (Lipinski definition) is 4. The van der Waals surface area contributed by atoms with Crippen molar-refractivity contribution in [2.75, 3.05) is 5.32 Å². The smallest absolute Gasteiger partial charge is 0.229 e. The number of halogens is 1. The standard InChI is InChI=1S/C19H13ClN2O2S/c20-17-10-9-14(25-17)11-18(23)21-13-7-5-12(6-8-13)19-22-15-3-1-2-4-16(15)24-19/h1-10H,11H2,(H,21,23). The maximum atomic E-state index is 12.1. The number of carbonyl (C=O) groups excluding carboxylic acids is 1. The summed E-state index contributed by atoms with van der Waals surface area (Å²) in [5.41, 5.74) is 3.17. The molecule has 0 spiro atoms. The second-order valence-corrected chi connectivity index (χ2v) is 7.29. The first-order chi connectivity index (χ1) is 12.2. The van der Waals surface area contributed by atoms with Crippen LogP contribution in [0.3, 0.4) is 0 Å². The van der Waals surface area contributed by atoms with Crippen molar-refractivity contribution in [2.24, 2.45) is 0 Å². The van der Waals surface area contributed by atoms with Gasteiger partial charge in [0.25, 0.3) is 0 Å². The minimum absolute atomic E-state index is 0.0758. The molecule has 0 unspecified atom stereocenters. The molecule has 0 bridgehead atoms. The van der Waals surface area contributed by atoms with Crippen LogP contribution in [0, 0.1) is 0 Å². The second kappa shape index (κ2) is 6.70. The lowest BCUT2D eigenvalue weighted by molar-refractivity contribution is -0.115. The van der Waals surface area contributed by atoms with Crippen molar-refractivity contribution in [3.63, 3.8) is 0 Å². The molecule has 0 aliphatic rings. The summed E-state index contributed by atoms with van der Waals surface area (Å²) < 4.78 is 6.43. The highest BCUT2D eigenvalue weighted by Gasteiger charge is 2.09. The lowest BCUT2D eigenvalue weighted by Gasteiger charge is -2.04. The molecule has 0 atom stereocenters. The van der Waals surface area contributed by atoms with Crippen molar-refractivity contribution in [1.82, 2.24) is 4.98 Å². The Balaban J connectivity index is 1.47. The molecular weight excluding hydrogens is 356 g/mol. The van der Waals surface area contributed by atoms with Crippen molar-refractivity contribution in [1.29, 1.82) is 0 Å². The molecule has 4 aromatic rings. The first-order valence-electron chi connectivity index (χ1n) is 7.67. The van der Waals surface area contributed by atoms with E-state index in [9.17, 15) is 4.79 Å². The molecule has 4 rings (SSSR count). The van der Waals surface area contributed by atoms with Crippen LogP contribution < -0.4 is 5.32 Å². The van der Waals surface area contributed by atoms with E-state index in [4.69, 9.17) is 16.0 Å². The molecule has 4 nitrogen and oxygen atoms in total. The third-order valence-corrected chi connectivity index (χ3v) is 4.90. The lowest BCUT2D eigenvalue weighted by Crippen LogP contribution is -2.13. The maximum Gasteiger partial charge on any atom is 0.229 e. The van der Waals surface area contributed by atoms with Crippen LogP contribution in [0.1, 0.15) is 4.88 Å². The first kappa shape index (κ1) is 15.9. The minimum atomic E-state index is -0.0758. The van der Waals surface area contributed by atoms with Gasteiger partial charge in [-0.15, -0.1) is 11.3 Å². The summed E-state index contributed by atoms with van der Waals surface area (Å²) in [6.45, 7) is 0. The Kier molecular flexibility index (Phi) is 4.26. The molecule has 25 heavy (non-hydrogen) atoms. The van der Waals surface area contributed by atoms with E-state index in [1.54, 1.807) is 6.07 Å². The Morgan fingerprint density at radius 3 is 2.60 bits per heavy atom. The fourth-order valence-electron chi connectivity index (χ4n) is 2.50. The molecule has 6 heteroatoms. The van der Waals surface area contributed by atoms with Crippen LogP contribution >= 0.6 is 22.9 Å². The summed E-state index contributed by atoms with van der Waals surface area (Å²) in [6.07, 6.45) is 0.310. The first-order valence-corrected chi connectivity index (χ1v) is 8.87. The predicted molar refractivity (Wildman–Crippen MR) is 101 cm³/mol. The third kappa shape index (κ3) is 3.57. The SMILES string of the molecule is O=C(Cc1ccc(Cl)s1)Nc1ccc(-c2nc3ccccc3o2)cc1. The van der Waals surface area contributed by atoms with Gasteiger partial charge < -0.3 is 9.73 Å². The highest BCUT2D eigenvalue weighted by molar-refractivity contribution is 7.16. The summed E-state index contributed by atoms with van der Waals surface area (Å²) in [5.74, 6) is 0.487. The average molecular weight is 369 g/mol. The number of para-hydroxylation sites is 2. The maximum absolute atomic E-state index is 12.1. The van der Waals surface area contributed by atoms with Crippen molar-refractivity contribution in [2.45, 2.75) is 6.42 Å². The van der Waals surface area contributed by atoms with Gasteiger partial charge in [0.05, 0.1) is 10.8 Å². The Bertz CT molecular complexity index is 1000. The van der Waals surface area contributed by atoms with Crippen LogP contribution in [-0.4, -0.2) is 10.9 Å². The zero-order chi connectivity index (χ0) is 17.2. The van der Waals surface area contributed by atoms with E-state index in [1.165, 1.54) is 11.3 Å². The van der Waals surface area contributed by atoms with Crippen molar-refractivity contribution >= 4 is 45.6 Å². The predicted octanol–water partition coefficient (Wildman–Crippen LogP) is 5.39. The van der Waals surface area contributed by atoms with Gasteiger partial charge in [0.15, 0.2) is 5.58 Å². The fraction of sp³-hybridized carbons (Fsp3) is 0.0526. The number of nitrogens with zero attached hydrogens (tertiary/aromatic N) is 1. The molecule has 1 amide bonds. The number of carbonyl (C=O) groups is 1. The second-order valence-electron chi connectivity index (χ2n) is 5.49. The van der Waals surface area contributed by atoms with Crippen molar-refractivity contribution in [3.8, 4) is 11.5 Å². The number of thiophene rings is 1. The topological polar surface area (TPSA) is 55.1 Å². The highest BCUT2D eigenvalue weighted by Crippen LogP contribution is 2.25. The van der Waals surface area contributed by atoms with Crippen molar-refractivity contribution in [3.05, 3.63) is 69.9 Å². The van der Waals surface area contributed by atoms with Crippen LogP contribution in [0.2, 0.25) is 4.34 Å². The molecular formula is C19H13ClN2O2S. The number of fused-ring (bicyclic) bond motifs is 1. The van der Waals surface area contributed by atoms with Gasteiger partial charge in [0.2, 0.25) is 11.8 Å². The molecule has 0 aliphatic heterocycles. The van der Waals surface area contributed by atoms with Gasteiger partial charge in [-0.05, 0) is 48.5 Å². The van der Waals surface area contributed by atoms with Crippen LogP contribution in [0.25, 0.3) is 22.6 Å². The molecule has 0 saturated carbocycles. The third-order valence-electron chi connectivity index (χ3n) is 3.67. The van der Waals surface area contributed by atoms with Crippen LogP contribution in [0.15, 0.2) is 65.1 Å². The molecule has 0 fully saturated rings. The van der Waals surface area contributed by atoms with E-state index in [1.807, 2.05) is 54.6 Å². The van der Waals surface area contributed by atoms with E-state index in [0.717, 1.165) is 27.2 Å². The Morgan fingerprint density at radius 2 is 1.88 bits per heavy atom. The van der Waals surface area contributed by atoms with E-state index >= 15 is 0 Å². The fourth-order valence-corrected chi connectivity index (χ4v) is 3.59. The molecule has 2 heterocycles. The molecule has 2 aromatic carbocycles. The monoisotopic (exact) mass is 368 g/mol. The molecule has 0 saturated heterocycles. The van der Waals surface area contributed by atoms with Gasteiger partial charge in [-0.25, -0.2) is 4.98 Å². The number of aromatic nitrogens is 1. The lowest BCUT2D eigenvalue weighted by atomic mass is 10.2. The average Bonchev–Trinajstić information content (AvgIpc) is 3.21. The van der Waals surface area contributed by atoms with Gasteiger partial charge >= 0.3 is 0 Å². The van der Waals surface area contributed by atoms with Gasteiger partial charge in [0, 0.05) is 16.1 Å². The van der Waals surface area contributed by atoms with Gasteiger partial charge in [-0.2, -0.15) is 0 Å². The van der Waals surface area contributed by atoms with Crippen LogP contribution in [0.4, 0.5) is 5.69 Å². The summed E-state index contributed by atoms with van der Waals surface area (Å²) in [7, 11) is 0. The molecule has 0 radical (unpaired) electrons. The van der Waals surface area contributed by atoms with Gasteiger partial charge in [0.1, 0.15) is 5.52 Å². The quantitative estimate of drug-likeness (QED) is 0.525. The van der Waals surface area contributed by atoms with E-state index in [-0.39, 0.29) is 5.91 Å². The van der Waals surface area contributed by atoms with Crippen LogP contribution in [0.5, 0.6) is 0 Å². The zero-order valence-electron chi connectivity index (χ0n) is 13.0. The number of anilines is 1. The molecule has 124 valence electrons. The molecule has 1 N–H and O–H groups in total. The number of amides is 1. The normalized spacial score (nSPS) is 10.9. The van der Waals surface area contributed by atoms with E-state index in [0.29, 0.717) is 16.6 Å². The van der Waals surface area contributed by atoms with E-state index < -0.39 is 0 Å². The van der Waals surface area contributed by atoms with Gasteiger partial charge in [-0.3, -0.25) is 4.79 Å².